The first kappa shape index (κ1) is 25.2. The van der Waals surface area contributed by atoms with Crippen LogP contribution in [0.15, 0.2) is 23.4 Å². The Labute approximate surface area is 210 Å². The first-order chi connectivity index (χ1) is 17.4. The zero-order valence-electron chi connectivity index (χ0n) is 19.6. The van der Waals surface area contributed by atoms with Crippen LogP contribution in [0.2, 0.25) is 0 Å². The van der Waals surface area contributed by atoms with Crippen molar-refractivity contribution in [3.05, 3.63) is 35.4 Å². The summed E-state index contributed by atoms with van der Waals surface area (Å²) in [5.41, 5.74) is 1.53. The zero-order valence-corrected chi connectivity index (χ0v) is 20.4. The largest absolute Gasteiger partial charge is 0.394 e. The molecule has 194 valence electrons. The number of anilines is 1. The van der Waals surface area contributed by atoms with Gasteiger partial charge in [0.1, 0.15) is 12.2 Å². The van der Waals surface area contributed by atoms with Gasteiger partial charge in [-0.25, -0.2) is 23.4 Å². The van der Waals surface area contributed by atoms with Crippen LogP contribution in [0.4, 0.5) is 14.6 Å². The lowest BCUT2D eigenvalue weighted by Gasteiger charge is -2.17. The topological polar surface area (TPSA) is 138 Å². The maximum atomic E-state index is 13.7. The molecule has 10 nitrogen and oxygen atoms in total. The number of rotatable bonds is 10. The van der Waals surface area contributed by atoms with Crippen LogP contribution in [-0.4, -0.2) is 83.6 Å². The molecule has 0 saturated heterocycles. The van der Waals surface area contributed by atoms with Crippen molar-refractivity contribution in [2.24, 2.45) is 0 Å². The molecule has 13 heteroatoms. The van der Waals surface area contributed by atoms with E-state index in [4.69, 9.17) is 9.84 Å². The lowest BCUT2D eigenvalue weighted by molar-refractivity contribution is -0.0629. The Bertz CT molecular complexity index is 1230. The maximum Gasteiger partial charge on any atom is 0.191 e. The standard InChI is InChI=1S/C23H28F2N6O4S/c1-2-7-36-23-27-21(26-15-9-12(15)11-3-4-13(24)14(25)8-11)18-22(28-23)31(30-29-18)16-10-17(35-6-5-32)20(34)19(16)33/h3-4,8,12,15-17,19-20,32-34H,2,5-7,9-10H2,1H3,(H,26,27,28)/t12?,15?,16-,17+,19+,20+/m1/s1. The molecule has 2 aromatic heterocycles. The summed E-state index contributed by atoms with van der Waals surface area (Å²) in [6.45, 7) is 1.91. The minimum Gasteiger partial charge on any atom is -0.394 e. The average molecular weight is 523 g/mol. The highest BCUT2D eigenvalue weighted by Crippen LogP contribution is 2.44. The Morgan fingerprint density at radius 3 is 2.75 bits per heavy atom. The Hall–Kier alpha value is -2.45. The Morgan fingerprint density at radius 2 is 2.00 bits per heavy atom. The Balaban J connectivity index is 1.43. The van der Waals surface area contributed by atoms with Gasteiger partial charge in [0.2, 0.25) is 0 Å². The highest BCUT2D eigenvalue weighted by Gasteiger charge is 2.45. The van der Waals surface area contributed by atoms with Crippen LogP contribution in [0.25, 0.3) is 11.2 Å². The summed E-state index contributed by atoms with van der Waals surface area (Å²) in [6, 6.07) is 3.26. The molecule has 3 aromatic rings. The van der Waals surface area contributed by atoms with E-state index in [0.717, 1.165) is 24.7 Å². The second-order valence-corrected chi connectivity index (χ2v) is 10.2. The summed E-state index contributed by atoms with van der Waals surface area (Å²) in [5.74, 6) is -0.472. The third kappa shape index (κ3) is 4.90. The van der Waals surface area contributed by atoms with Gasteiger partial charge in [-0.1, -0.05) is 30.0 Å². The van der Waals surface area contributed by atoms with Crippen LogP contribution in [0.5, 0.6) is 0 Å². The van der Waals surface area contributed by atoms with E-state index in [-0.39, 0.29) is 31.6 Å². The van der Waals surface area contributed by atoms with Crippen molar-refractivity contribution in [1.29, 1.82) is 0 Å². The van der Waals surface area contributed by atoms with Crippen molar-refractivity contribution < 1.29 is 28.8 Å². The van der Waals surface area contributed by atoms with Crippen molar-refractivity contribution in [2.45, 2.75) is 67.7 Å². The summed E-state index contributed by atoms with van der Waals surface area (Å²) < 4.78 is 34.0. The van der Waals surface area contributed by atoms with E-state index in [1.165, 1.54) is 22.5 Å². The molecule has 0 spiro atoms. The van der Waals surface area contributed by atoms with Crippen molar-refractivity contribution in [3.8, 4) is 0 Å². The Kier molecular flexibility index (Phi) is 7.35. The van der Waals surface area contributed by atoms with Gasteiger partial charge in [0.15, 0.2) is 33.8 Å². The molecule has 1 aromatic carbocycles. The first-order valence-corrected chi connectivity index (χ1v) is 13.0. The van der Waals surface area contributed by atoms with Crippen LogP contribution < -0.4 is 5.32 Å². The molecule has 2 saturated carbocycles. The van der Waals surface area contributed by atoms with E-state index in [1.54, 1.807) is 6.07 Å². The molecule has 0 amide bonds. The zero-order chi connectivity index (χ0) is 25.4. The van der Waals surface area contributed by atoms with E-state index in [9.17, 15) is 19.0 Å². The minimum absolute atomic E-state index is 0.00291. The molecule has 2 aliphatic carbocycles. The number of hydrogen-bond acceptors (Lipinski definition) is 10. The van der Waals surface area contributed by atoms with Crippen molar-refractivity contribution in [3.63, 3.8) is 0 Å². The van der Waals surface area contributed by atoms with Gasteiger partial charge >= 0.3 is 0 Å². The van der Waals surface area contributed by atoms with Crippen LogP contribution in [0, 0.1) is 11.6 Å². The molecule has 36 heavy (non-hydrogen) atoms. The summed E-state index contributed by atoms with van der Waals surface area (Å²) in [7, 11) is 0. The predicted octanol–water partition coefficient (Wildman–Crippen LogP) is 2.01. The summed E-state index contributed by atoms with van der Waals surface area (Å²) in [6.07, 6.45) is -1.04. The van der Waals surface area contributed by atoms with Crippen LogP contribution >= 0.6 is 11.8 Å². The minimum atomic E-state index is -1.15. The van der Waals surface area contributed by atoms with Crippen molar-refractivity contribution >= 4 is 28.7 Å². The molecule has 4 N–H and O–H groups in total. The van der Waals surface area contributed by atoms with E-state index >= 15 is 0 Å². The lowest BCUT2D eigenvalue weighted by atomic mass is 10.1. The molecule has 0 aliphatic heterocycles. The highest BCUT2D eigenvalue weighted by atomic mass is 32.2. The van der Waals surface area contributed by atoms with Gasteiger partial charge in [-0.15, -0.1) is 5.10 Å². The summed E-state index contributed by atoms with van der Waals surface area (Å²) in [5, 5.41) is 42.5. The number of nitrogens with zero attached hydrogens (tertiary/aromatic N) is 5. The van der Waals surface area contributed by atoms with Crippen LogP contribution in [0.3, 0.4) is 0 Å². The predicted molar refractivity (Wildman–Crippen MR) is 128 cm³/mol. The SMILES string of the molecule is CCCSc1nc(NC2CC2c2ccc(F)c(F)c2)c2nnn([C@@H]3C[C@H](OCCO)[C@H](O)[C@H]3O)c2n1. The number of hydrogen-bond donors (Lipinski definition) is 4. The van der Waals surface area contributed by atoms with Gasteiger partial charge in [0.05, 0.1) is 25.4 Å². The van der Waals surface area contributed by atoms with Gasteiger partial charge in [0, 0.05) is 24.1 Å². The maximum absolute atomic E-state index is 13.7. The number of nitrogens with one attached hydrogen (secondary N) is 1. The number of aromatic nitrogens is 5. The molecule has 2 heterocycles. The third-order valence-electron chi connectivity index (χ3n) is 6.56. The molecule has 0 radical (unpaired) electrons. The number of aliphatic hydroxyl groups excluding tert-OH is 3. The first-order valence-electron chi connectivity index (χ1n) is 12.0. The summed E-state index contributed by atoms with van der Waals surface area (Å²) >= 11 is 1.48. The van der Waals surface area contributed by atoms with E-state index in [0.29, 0.717) is 27.7 Å². The van der Waals surface area contributed by atoms with E-state index < -0.39 is 36.0 Å². The number of fused-ring (bicyclic) bond motifs is 1. The third-order valence-corrected chi connectivity index (χ3v) is 7.61. The highest BCUT2D eigenvalue weighted by molar-refractivity contribution is 7.99. The molecular formula is C23H28F2N6O4S. The fraction of sp³-hybridized carbons (Fsp3) is 0.565. The summed E-state index contributed by atoms with van der Waals surface area (Å²) in [4.78, 5) is 9.27. The lowest BCUT2D eigenvalue weighted by Crippen LogP contribution is -2.33. The van der Waals surface area contributed by atoms with Gasteiger partial charge in [-0.2, -0.15) is 0 Å². The molecule has 2 unspecified atom stereocenters. The number of thioether (sulfide) groups is 1. The number of benzene rings is 1. The van der Waals surface area contributed by atoms with Crippen LogP contribution in [-0.2, 0) is 4.74 Å². The van der Waals surface area contributed by atoms with Gasteiger partial charge in [-0.05, 0) is 30.5 Å². The molecule has 2 aliphatic rings. The van der Waals surface area contributed by atoms with Crippen molar-refractivity contribution in [1.82, 2.24) is 25.0 Å². The average Bonchev–Trinajstić information content (AvgIpc) is 3.41. The van der Waals surface area contributed by atoms with Crippen molar-refractivity contribution in [2.75, 3.05) is 24.3 Å². The second-order valence-electron chi connectivity index (χ2n) is 9.09. The number of ether oxygens (including phenoxy) is 1. The normalized spacial score (nSPS) is 27.6. The van der Waals surface area contributed by atoms with Gasteiger partial charge in [0.25, 0.3) is 0 Å². The number of halogens is 2. The van der Waals surface area contributed by atoms with Crippen LogP contribution in [0.1, 0.15) is 43.7 Å². The number of aliphatic hydroxyl groups is 3. The van der Waals surface area contributed by atoms with E-state index in [2.05, 4.69) is 32.5 Å². The molecular weight excluding hydrogens is 494 g/mol. The smallest absolute Gasteiger partial charge is 0.191 e. The van der Waals surface area contributed by atoms with E-state index in [1.807, 2.05) is 0 Å². The molecule has 2 fully saturated rings. The molecule has 6 atom stereocenters. The van der Waals surface area contributed by atoms with Gasteiger partial charge < -0.3 is 25.4 Å². The molecule has 0 bridgehead atoms. The Morgan fingerprint density at radius 1 is 1.17 bits per heavy atom. The quantitative estimate of drug-likeness (QED) is 0.231. The molecule has 5 rings (SSSR count). The fourth-order valence-corrected chi connectivity index (χ4v) is 5.31. The van der Waals surface area contributed by atoms with Gasteiger partial charge in [-0.3, -0.25) is 0 Å². The second kappa shape index (κ2) is 10.5. The fourth-order valence-electron chi connectivity index (χ4n) is 4.61. The monoisotopic (exact) mass is 522 g/mol.